The van der Waals surface area contributed by atoms with Crippen LogP contribution in [0.5, 0.6) is 0 Å². The summed E-state index contributed by atoms with van der Waals surface area (Å²) in [7, 11) is 0. The fourth-order valence-electron chi connectivity index (χ4n) is 0.625. The molecule has 0 heterocycles. The third-order valence-corrected chi connectivity index (χ3v) is 1.84. The average molecular weight is 193 g/mol. The molecule has 0 radical (unpaired) electrons. The number of nitrogens with zero attached hydrogens (tertiary/aromatic N) is 1. The normalized spacial score (nSPS) is 20.3. The van der Waals surface area contributed by atoms with Crippen molar-refractivity contribution in [1.29, 1.82) is 0 Å². The number of carboxylic acids is 1. The van der Waals surface area contributed by atoms with E-state index in [9.17, 15) is 9.90 Å². The molecule has 1 saturated carbocycles. The minimum Gasteiger partial charge on any atom is -0.476 e. The molecule has 0 aliphatic heterocycles. The van der Waals surface area contributed by atoms with Crippen LogP contribution in [0, 0.1) is 0 Å². The van der Waals surface area contributed by atoms with E-state index >= 15 is 0 Å². The first-order chi connectivity index (χ1) is 5.53. The molecule has 0 bridgehead atoms. The maximum absolute atomic E-state index is 10.1. The maximum atomic E-state index is 10.1. The van der Waals surface area contributed by atoms with E-state index in [1.54, 1.807) is 0 Å². The molecule has 1 aliphatic rings. The second kappa shape index (κ2) is 3.28. The van der Waals surface area contributed by atoms with Crippen molar-refractivity contribution in [2.24, 2.45) is 5.10 Å². The lowest BCUT2D eigenvalue weighted by Crippen LogP contribution is -2.25. The topological polar surface area (TPSA) is 81.9 Å². The summed E-state index contributed by atoms with van der Waals surface area (Å²) < 4.78 is 0. The highest BCUT2D eigenvalue weighted by Gasteiger charge is 2.39. The van der Waals surface area contributed by atoms with E-state index in [-0.39, 0.29) is 6.54 Å². The zero-order chi connectivity index (χ0) is 9.19. The molecule has 0 aromatic carbocycles. The van der Waals surface area contributed by atoms with E-state index in [0.29, 0.717) is 0 Å². The Balaban J connectivity index is 2.24. The lowest BCUT2D eigenvalue weighted by Gasteiger charge is -2.05. The predicted molar refractivity (Wildman–Crippen MR) is 43.1 cm³/mol. The number of halogens is 1. The van der Waals surface area contributed by atoms with Crippen molar-refractivity contribution in [3.8, 4) is 0 Å². The molecule has 0 aromatic heterocycles. The monoisotopic (exact) mass is 192 g/mol. The highest BCUT2D eigenvalue weighted by molar-refractivity contribution is 6.81. The summed E-state index contributed by atoms with van der Waals surface area (Å²) in [5.74, 6) is -1.29. The van der Waals surface area contributed by atoms with E-state index in [1.165, 1.54) is 0 Å². The molecule has 3 N–H and O–H groups in total. The number of aliphatic hydroxyl groups is 1. The van der Waals surface area contributed by atoms with Crippen molar-refractivity contribution in [3.05, 3.63) is 0 Å². The van der Waals surface area contributed by atoms with Crippen LogP contribution in [0.4, 0.5) is 0 Å². The molecular formula is C6H9ClN2O3. The van der Waals surface area contributed by atoms with Gasteiger partial charge in [-0.25, -0.2) is 4.79 Å². The molecule has 5 nitrogen and oxygen atoms in total. The van der Waals surface area contributed by atoms with Crippen LogP contribution in [-0.4, -0.2) is 33.5 Å². The van der Waals surface area contributed by atoms with Crippen molar-refractivity contribution < 1.29 is 15.0 Å². The molecule has 68 valence electrons. The minimum absolute atomic E-state index is 0.247. The Morgan fingerprint density at radius 3 is 2.67 bits per heavy atom. The lowest BCUT2D eigenvalue weighted by molar-refractivity contribution is -0.129. The molecule has 6 heteroatoms. The van der Waals surface area contributed by atoms with Crippen LogP contribution in [0.3, 0.4) is 0 Å². The van der Waals surface area contributed by atoms with Crippen LogP contribution in [0.25, 0.3) is 0 Å². The van der Waals surface area contributed by atoms with Crippen LogP contribution in [0.1, 0.15) is 12.8 Å². The fourth-order valence-corrected chi connectivity index (χ4v) is 0.685. The van der Waals surface area contributed by atoms with Gasteiger partial charge in [0, 0.05) is 0 Å². The average Bonchev–Trinajstić information content (AvgIpc) is 2.68. The molecule has 1 fully saturated rings. The number of hydrogen-bond donors (Lipinski definition) is 3. The van der Waals surface area contributed by atoms with Gasteiger partial charge in [0.2, 0.25) is 5.17 Å². The number of hydrogen-bond acceptors (Lipinski definition) is 4. The summed E-state index contributed by atoms with van der Waals surface area (Å²) in [6.45, 7) is 0.247. The molecule has 12 heavy (non-hydrogen) atoms. The zero-order valence-corrected chi connectivity index (χ0v) is 7.01. The van der Waals surface area contributed by atoms with E-state index in [0.717, 1.165) is 12.8 Å². The molecular weight excluding hydrogens is 184 g/mol. The van der Waals surface area contributed by atoms with Gasteiger partial charge in [-0.05, 0) is 12.8 Å². The summed E-state index contributed by atoms with van der Waals surface area (Å²) >= 11 is 5.17. The second-order valence-electron chi connectivity index (χ2n) is 2.77. The van der Waals surface area contributed by atoms with Gasteiger partial charge >= 0.3 is 5.97 Å². The van der Waals surface area contributed by atoms with E-state index in [4.69, 9.17) is 16.7 Å². The fraction of sp³-hybridized carbons (Fsp3) is 0.667. The number of rotatable bonds is 4. The second-order valence-corrected chi connectivity index (χ2v) is 3.13. The van der Waals surface area contributed by atoms with Crippen molar-refractivity contribution >= 4 is 22.7 Å². The molecule has 0 unspecified atom stereocenters. The molecule has 0 atom stereocenters. The third-order valence-electron chi connectivity index (χ3n) is 1.59. The summed E-state index contributed by atoms with van der Waals surface area (Å²) in [6, 6.07) is 0. The van der Waals surface area contributed by atoms with Gasteiger partial charge < -0.3 is 15.6 Å². The molecule has 0 aromatic rings. The largest absolute Gasteiger partial charge is 0.476 e. The van der Waals surface area contributed by atoms with Crippen LogP contribution < -0.4 is 5.43 Å². The number of carbonyl (C=O) groups is 1. The number of carboxylic acid groups (broad SMARTS) is 1. The van der Waals surface area contributed by atoms with Crippen molar-refractivity contribution in [2.45, 2.75) is 18.4 Å². The summed E-state index contributed by atoms with van der Waals surface area (Å²) in [5, 5.41) is 20.3. The van der Waals surface area contributed by atoms with Crippen LogP contribution in [0.2, 0.25) is 0 Å². The smallest absolute Gasteiger partial charge is 0.368 e. The van der Waals surface area contributed by atoms with Gasteiger partial charge in [-0.3, -0.25) is 0 Å². The lowest BCUT2D eigenvalue weighted by atomic mass is 10.3. The van der Waals surface area contributed by atoms with E-state index in [2.05, 4.69) is 10.5 Å². The SMILES string of the molecule is O=C(O)C(Cl)=NNCC1(O)CC1. The molecule has 1 aliphatic carbocycles. The van der Waals surface area contributed by atoms with Crippen molar-refractivity contribution in [2.75, 3.05) is 6.54 Å². The van der Waals surface area contributed by atoms with E-state index < -0.39 is 16.7 Å². The minimum atomic E-state index is -1.29. The molecule has 0 saturated heterocycles. The Morgan fingerprint density at radius 1 is 1.67 bits per heavy atom. The third kappa shape index (κ3) is 2.67. The summed E-state index contributed by atoms with van der Waals surface area (Å²) in [6.07, 6.45) is 1.44. The van der Waals surface area contributed by atoms with Crippen LogP contribution in [-0.2, 0) is 4.79 Å². The van der Waals surface area contributed by atoms with Crippen molar-refractivity contribution in [1.82, 2.24) is 5.43 Å². The Bertz CT molecular complexity index is 225. The van der Waals surface area contributed by atoms with Gasteiger partial charge in [0.05, 0.1) is 12.1 Å². The highest BCUT2D eigenvalue weighted by atomic mass is 35.5. The molecule has 0 spiro atoms. The molecule has 0 amide bonds. The number of aliphatic carboxylic acids is 1. The molecule has 1 rings (SSSR count). The number of hydrazone groups is 1. The number of nitrogens with one attached hydrogen (secondary N) is 1. The van der Waals surface area contributed by atoms with Gasteiger partial charge in [0.15, 0.2) is 0 Å². The Labute approximate surface area is 74.0 Å². The first-order valence-corrected chi connectivity index (χ1v) is 3.83. The Kier molecular flexibility index (Phi) is 2.54. The summed E-state index contributed by atoms with van der Waals surface area (Å²) in [4.78, 5) is 10.1. The van der Waals surface area contributed by atoms with Crippen LogP contribution in [0.15, 0.2) is 5.10 Å². The maximum Gasteiger partial charge on any atom is 0.368 e. The first-order valence-electron chi connectivity index (χ1n) is 3.45. The van der Waals surface area contributed by atoms with Gasteiger partial charge in [-0.1, -0.05) is 11.6 Å². The zero-order valence-electron chi connectivity index (χ0n) is 6.25. The van der Waals surface area contributed by atoms with Gasteiger partial charge in [0.1, 0.15) is 0 Å². The van der Waals surface area contributed by atoms with Crippen LogP contribution >= 0.6 is 11.6 Å². The van der Waals surface area contributed by atoms with E-state index in [1.807, 2.05) is 0 Å². The van der Waals surface area contributed by atoms with Crippen molar-refractivity contribution in [3.63, 3.8) is 0 Å². The summed E-state index contributed by atoms with van der Waals surface area (Å²) in [5.41, 5.74) is 1.70. The standard InChI is InChI=1S/C6H9ClN2O3/c7-4(5(10)11)9-8-3-6(12)1-2-6/h8,12H,1-3H2,(H,10,11). The van der Waals surface area contributed by atoms with Gasteiger partial charge in [0.25, 0.3) is 0 Å². The van der Waals surface area contributed by atoms with Gasteiger partial charge in [-0.15, -0.1) is 0 Å². The first kappa shape index (κ1) is 9.28. The Hall–Kier alpha value is -0.810. The highest BCUT2D eigenvalue weighted by Crippen LogP contribution is 2.33. The Morgan fingerprint density at radius 2 is 2.25 bits per heavy atom. The van der Waals surface area contributed by atoms with Gasteiger partial charge in [-0.2, -0.15) is 5.10 Å². The quantitative estimate of drug-likeness (QED) is 0.423. The predicted octanol–water partition coefficient (Wildman–Crippen LogP) is -0.262.